The number of nitrogens with one attached hydrogen (secondary N) is 4. The molecule has 4 atom stereocenters. The van der Waals surface area contributed by atoms with E-state index in [2.05, 4.69) is 57.1 Å². The zero-order chi connectivity index (χ0) is 37.8. The van der Waals surface area contributed by atoms with Crippen molar-refractivity contribution < 1.29 is 28.7 Å². The number of carbonyl (C=O) groups is 4. The number of alkyl carbamates (subject to hydrolysis) is 1. The highest BCUT2D eigenvalue weighted by atomic mass is 16.5. The average Bonchev–Trinajstić information content (AvgIpc) is 3.96. The molecule has 0 radical (unpaired) electrons. The van der Waals surface area contributed by atoms with Gasteiger partial charge in [-0.25, -0.2) is 30.0 Å². The number of aromatic nitrogens is 4. The number of hydrogen-bond acceptors (Lipinski definition) is 8. The average molecular weight is 727 g/mol. The molecule has 4 amide bonds. The van der Waals surface area contributed by atoms with Gasteiger partial charge in [0.05, 0.1) is 44.0 Å². The molecule has 0 unspecified atom stereocenters. The maximum absolute atomic E-state index is 13.7. The number of amides is 4. The third-order valence-electron chi connectivity index (χ3n) is 10.5. The highest BCUT2D eigenvalue weighted by Crippen LogP contribution is 2.39. The van der Waals surface area contributed by atoms with Gasteiger partial charge in [0.1, 0.15) is 17.7 Å². The monoisotopic (exact) mass is 726 g/mol. The van der Waals surface area contributed by atoms with Gasteiger partial charge in [0.15, 0.2) is 0 Å². The Morgan fingerprint density at radius 1 is 0.811 bits per heavy atom. The number of methoxy groups -OCH3 is 2. The van der Waals surface area contributed by atoms with Crippen molar-refractivity contribution in [2.45, 2.75) is 90.3 Å². The second-order valence-corrected chi connectivity index (χ2v) is 14.6. The Bertz CT molecular complexity index is 1950. The van der Waals surface area contributed by atoms with Crippen molar-refractivity contribution in [2.24, 2.45) is 11.8 Å². The molecule has 14 nitrogen and oxygen atoms in total. The number of nitrogens with zero attached hydrogens (tertiary/aromatic N) is 4. The van der Waals surface area contributed by atoms with Crippen LogP contribution in [0, 0.1) is 11.8 Å². The largest absolute Gasteiger partial charge is 0.453 e. The summed E-state index contributed by atoms with van der Waals surface area (Å²) in [5.41, 5.74) is 6.26. The summed E-state index contributed by atoms with van der Waals surface area (Å²) in [6.07, 6.45) is 7.42. The number of hydrogen-bond donors (Lipinski definition) is 4. The van der Waals surface area contributed by atoms with Crippen LogP contribution in [0.3, 0.4) is 0 Å². The molecule has 1 saturated carbocycles. The highest BCUT2D eigenvalue weighted by molar-refractivity contribution is 5.90. The summed E-state index contributed by atoms with van der Waals surface area (Å²) in [6, 6.07) is 11.4. The first-order valence-electron chi connectivity index (χ1n) is 18.5. The first kappa shape index (κ1) is 37.4. The molecule has 282 valence electrons. The predicted octanol–water partition coefficient (Wildman–Crippen LogP) is 6.45. The molecule has 2 fully saturated rings. The Hall–Kier alpha value is -5.40. The van der Waals surface area contributed by atoms with Crippen molar-refractivity contribution in [3.8, 4) is 22.5 Å². The first-order valence-corrected chi connectivity index (χ1v) is 18.5. The van der Waals surface area contributed by atoms with E-state index >= 15 is 0 Å². The number of likely N-dealkylation sites (tertiary alicyclic amines) is 1. The topological polar surface area (TPSA) is 175 Å². The third kappa shape index (κ3) is 8.01. The van der Waals surface area contributed by atoms with Gasteiger partial charge in [0, 0.05) is 35.5 Å². The minimum Gasteiger partial charge on any atom is -0.453 e. The normalized spacial score (nSPS) is 19.3. The Kier molecular flexibility index (Phi) is 11.3. The number of H-pyrrole nitrogens is 2. The van der Waals surface area contributed by atoms with Crippen LogP contribution in [-0.4, -0.2) is 86.7 Å². The Morgan fingerprint density at radius 3 is 2.02 bits per heavy atom. The first-order chi connectivity index (χ1) is 25.5. The van der Waals surface area contributed by atoms with Crippen molar-refractivity contribution in [1.29, 1.82) is 0 Å². The van der Waals surface area contributed by atoms with Crippen molar-refractivity contribution in [3.63, 3.8) is 0 Å². The lowest BCUT2D eigenvalue weighted by atomic mass is 9.78. The molecule has 2 aromatic heterocycles. The molecule has 4 N–H and O–H groups in total. The lowest BCUT2D eigenvalue weighted by Gasteiger charge is -2.35. The molecule has 1 aliphatic carbocycles. The summed E-state index contributed by atoms with van der Waals surface area (Å²) >= 11 is 0. The molecule has 53 heavy (non-hydrogen) atoms. The SMILES string of the molecule is COC(=O)N[C@H](C(=O)N1CCC[C@H]1c1ncc(-c2ccc3cc(-c4cnc([C@H]5CCCC[C@H]5C(=O)N(NC(=O)OC)C(C)C)[nH]4)ccc3c2)[nH]1)C(C)C. The van der Waals surface area contributed by atoms with Crippen LogP contribution in [0.5, 0.6) is 0 Å². The van der Waals surface area contributed by atoms with E-state index in [1.54, 1.807) is 11.1 Å². The van der Waals surface area contributed by atoms with Crippen LogP contribution in [0.15, 0.2) is 48.8 Å². The summed E-state index contributed by atoms with van der Waals surface area (Å²) in [4.78, 5) is 69.4. The van der Waals surface area contributed by atoms with E-state index in [9.17, 15) is 19.2 Å². The minimum atomic E-state index is -0.692. The Morgan fingerprint density at radius 2 is 1.42 bits per heavy atom. The van der Waals surface area contributed by atoms with Gasteiger partial charge in [0.2, 0.25) is 11.8 Å². The van der Waals surface area contributed by atoms with Gasteiger partial charge < -0.3 is 29.7 Å². The fraction of sp³-hybridized carbons (Fsp3) is 0.487. The van der Waals surface area contributed by atoms with Gasteiger partial charge in [-0.3, -0.25) is 9.59 Å². The number of ether oxygens (including phenoxy) is 2. The summed E-state index contributed by atoms with van der Waals surface area (Å²) in [5, 5.41) is 6.18. The van der Waals surface area contributed by atoms with Gasteiger partial charge >= 0.3 is 12.2 Å². The molecule has 0 bridgehead atoms. The predicted molar refractivity (Wildman–Crippen MR) is 199 cm³/mol. The van der Waals surface area contributed by atoms with E-state index in [0.29, 0.717) is 13.0 Å². The smallest absolute Gasteiger partial charge is 0.425 e. The fourth-order valence-corrected chi connectivity index (χ4v) is 7.61. The maximum Gasteiger partial charge on any atom is 0.425 e. The molecule has 1 aliphatic heterocycles. The lowest BCUT2D eigenvalue weighted by Crippen LogP contribution is -2.53. The van der Waals surface area contributed by atoms with E-state index in [-0.39, 0.29) is 41.7 Å². The van der Waals surface area contributed by atoms with Crippen LogP contribution in [-0.2, 0) is 19.1 Å². The van der Waals surface area contributed by atoms with E-state index in [1.165, 1.54) is 19.2 Å². The second-order valence-electron chi connectivity index (χ2n) is 14.6. The summed E-state index contributed by atoms with van der Waals surface area (Å²) in [5.74, 6) is 0.675. The van der Waals surface area contributed by atoms with Crippen LogP contribution in [0.1, 0.15) is 89.8 Å². The highest BCUT2D eigenvalue weighted by Gasteiger charge is 2.39. The molecule has 6 rings (SSSR count). The molecule has 14 heteroatoms. The van der Waals surface area contributed by atoms with E-state index in [1.807, 2.05) is 33.9 Å². The molecule has 1 saturated heterocycles. The summed E-state index contributed by atoms with van der Waals surface area (Å²) < 4.78 is 9.51. The Labute approximate surface area is 309 Å². The number of fused-ring (bicyclic) bond motifs is 1. The van der Waals surface area contributed by atoms with Gasteiger partial charge in [-0.15, -0.1) is 0 Å². The van der Waals surface area contributed by atoms with Crippen molar-refractivity contribution in [1.82, 2.24) is 40.6 Å². The lowest BCUT2D eigenvalue weighted by molar-refractivity contribution is -0.142. The number of rotatable bonds is 9. The van der Waals surface area contributed by atoms with Crippen LogP contribution >= 0.6 is 0 Å². The number of benzene rings is 2. The standard InChI is InChI=1S/C39H50N8O6/c1-22(2)33(44-38(50)52-5)37(49)46-17-9-12-32(46)35-41-21-31(43-35)27-16-14-24-18-26(15-13-25(24)19-27)30-20-40-34(42-30)28-10-7-8-11-29(28)36(48)47(23(3)4)45-39(51)53-6/h13-16,18-23,28-29,32-33H,7-12,17H2,1-6H3,(H,40,42)(H,41,43)(H,44,50)(H,45,51)/t28-,29+,32-,33-/m0/s1. The Balaban J connectivity index is 1.17. The van der Waals surface area contributed by atoms with Crippen molar-refractivity contribution >= 4 is 34.8 Å². The number of imidazole rings is 2. The number of aromatic amines is 2. The molecular weight excluding hydrogens is 676 g/mol. The van der Waals surface area contributed by atoms with E-state index in [4.69, 9.17) is 19.4 Å². The number of hydrazine groups is 1. The minimum absolute atomic E-state index is 0.101. The van der Waals surface area contributed by atoms with Gasteiger partial charge in [-0.2, -0.15) is 0 Å². The zero-order valence-corrected chi connectivity index (χ0v) is 31.3. The zero-order valence-electron chi connectivity index (χ0n) is 31.3. The molecule has 4 aromatic rings. The molecular formula is C39H50N8O6. The number of carbonyl (C=O) groups excluding carboxylic acids is 4. The van der Waals surface area contributed by atoms with Crippen molar-refractivity contribution in [3.05, 3.63) is 60.4 Å². The molecule has 0 spiro atoms. The van der Waals surface area contributed by atoms with Crippen LogP contribution in [0.25, 0.3) is 33.3 Å². The molecule has 2 aromatic carbocycles. The summed E-state index contributed by atoms with van der Waals surface area (Å²) in [6.45, 7) is 8.10. The second kappa shape index (κ2) is 16.1. The third-order valence-corrected chi connectivity index (χ3v) is 10.5. The quantitative estimate of drug-likeness (QED) is 0.143. The van der Waals surface area contributed by atoms with Gasteiger partial charge in [-0.05, 0) is 68.4 Å². The van der Waals surface area contributed by atoms with Gasteiger partial charge in [-0.1, -0.05) is 51.0 Å². The van der Waals surface area contributed by atoms with Gasteiger partial charge in [0.25, 0.3) is 0 Å². The van der Waals surface area contributed by atoms with Crippen LogP contribution in [0.4, 0.5) is 9.59 Å². The molecule has 2 aliphatic rings. The molecule has 3 heterocycles. The summed E-state index contributed by atoms with van der Waals surface area (Å²) in [7, 11) is 2.57. The maximum atomic E-state index is 13.7. The fourth-order valence-electron chi connectivity index (χ4n) is 7.61. The van der Waals surface area contributed by atoms with E-state index < -0.39 is 18.2 Å². The van der Waals surface area contributed by atoms with Crippen molar-refractivity contribution in [2.75, 3.05) is 20.8 Å². The van der Waals surface area contributed by atoms with E-state index in [0.717, 1.165) is 77.0 Å². The van der Waals surface area contributed by atoms with Crippen LogP contribution < -0.4 is 10.7 Å². The van der Waals surface area contributed by atoms with Crippen LogP contribution in [0.2, 0.25) is 0 Å².